The van der Waals surface area contributed by atoms with Crippen LogP contribution in [-0.2, 0) is 9.59 Å². The molecule has 0 unspecified atom stereocenters. The summed E-state index contributed by atoms with van der Waals surface area (Å²) in [5.41, 5.74) is 2.04. The number of piperazine rings is 1. The first-order chi connectivity index (χ1) is 15.6. The number of amides is 2. The number of likely N-dealkylation sites (N-methyl/N-ethyl adjacent to an activating group) is 1. The van der Waals surface area contributed by atoms with E-state index in [9.17, 15) is 9.59 Å². The summed E-state index contributed by atoms with van der Waals surface area (Å²) in [5.74, 6) is 0.565. The van der Waals surface area contributed by atoms with Gasteiger partial charge in [0.15, 0.2) is 0 Å². The third-order valence-corrected chi connectivity index (χ3v) is 5.98. The highest BCUT2D eigenvalue weighted by Crippen LogP contribution is 2.39. The molecule has 0 atom stereocenters. The van der Waals surface area contributed by atoms with Gasteiger partial charge in [-0.1, -0.05) is 31.2 Å². The minimum Gasteiger partial charge on any atom is -0.495 e. The SMILES string of the molecule is CCOc1ccc(C2=C(N3CCN(CC)CC3)C(=O)N(c3ccccc3OC)C2=O)cc1. The van der Waals surface area contributed by atoms with Crippen molar-refractivity contribution in [3.63, 3.8) is 0 Å². The average molecular weight is 436 g/mol. The second-order valence-corrected chi connectivity index (χ2v) is 7.72. The molecule has 168 valence electrons. The van der Waals surface area contributed by atoms with Crippen LogP contribution in [0.5, 0.6) is 11.5 Å². The van der Waals surface area contributed by atoms with Gasteiger partial charge in [-0.25, -0.2) is 4.90 Å². The van der Waals surface area contributed by atoms with Crippen molar-refractivity contribution in [2.75, 3.05) is 51.3 Å². The van der Waals surface area contributed by atoms with E-state index in [-0.39, 0.29) is 11.8 Å². The summed E-state index contributed by atoms with van der Waals surface area (Å²) in [6.07, 6.45) is 0. The first kappa shape index (κ1) is 21.9. The summed E-state index contributed by atoms with van der Waals surface area (Å²) in [7, 11) is 1.54. The molecule has 2 aromatic carbocycles. The molecule has 2 aliphatic rings. The normalized spacial score (nSPS) is 17.3. The van der Waals surface area contributed by atoms with Crippen molar-refractivity contribution >= 4 is 23.1 Å². The number of imide groups is 1. The molecule has 7 heteroatoms. The topological polar surface area (TPSA) is 62.3 Å². The minimum absolute atomic E-state index is 0.312. The zero-order chi connectivity index (χ0) is 22.7. The lowest BCUT2D eigenvalue weighted by atomic mass is 10.0. The smallest absolute Gasteiger partial charge is 0.282 e. The number of hydrogen-bond donors (Lipinski definition) is 0. The van der Waals surface area contributed by atoms with Crippen LogP contribution in [0.1, 0.15) is 19.4 Å². The summed E-state index contributed by atoms with van der Waals surface area (Å²) in [5, 5.41) is 0. The van der Waals surface area contributed by atoms with Crippen molar-refractivity contribution < 1.29 is 19.1 Å². The average Bonchev–Trinajstić information content (AvgIpc) is 3.09. The van der Waals surface area contributed by atoms with E-state index in [4.69, 9.17) is 9.47 Å². The Balaban J connectivity index is 1.77. The first-order valence-corrected chi connectivity index (χ1v) is 11.1. The van der Waals surface area contributed by atoms with E-state index in [2.05, 4.69) is 11.8 Å². The van der Waals surface area contributed by atoms with E-state index < -0.39 is 0 Å². The Bertz CT molecular complexity index is 1020. The first-order valence-electron chi connectivity index (χ1n) is 11.1. The molecule has 0 saturated carbocycles. The molecule has 2 amide bonds. The number of benzene rings is 2. The zero-order valence-electron chi connectivity index (χ0n) is 18.8. The number of carbonyl (C=O) groups excluding carboxylic acids is 2. The summed E-state index contributed by atoms with van der Waals surface area (Å²) < 4.78 is 11.0. The van der Waals surface area contributed by atoms with Gasteiger partial charge in [0.05, 0.1) is 25.0 Å². The van der Waals surface area contributed by atoms with Crippen molar-refractivity contribution in [3.8, 4) is 11.5 Å². The molecule has 2 heterocycles. The molecule has 2 aliphatic heterocycles. The Kier molecular flexibility index (Phi) is 6.46. The van der Waals surface area contributed by atoms with Crippen molar-refractivity contribution in [1.82, 2.24) is 9.80 Å². The number of hydrogen-bond acceptors (Lipinski definition) is 6. The fourth-order valence-corrected chi connectivity index (χ4v) is 4.28. The Hall–Kier alpha value is -3.32. The van der Waals surface area contributed by atoms with Crippen molar-refractivity contribution in [1.29, 1.82) is 0 Å². The monoisotopic (exact) mass is 435 g/mol. The van der Waals surface area contributed by atoms with Gasteiger partial charge in [-0.2, -0.15) is 0 Å². The van der Waals surface area contributed by atoms with Crippen molar-refractivity contribution in [2.45, 2.75) is 13.8 Å². The van der Waals surface area contributed by atoms with E-state index in [1.54, 1.807) is 18.2 Å². The van der Waals surface area contributed by atoms with Gasteiger partial charge in [0.1, 0.15) is 17.2 Å². The largest absolute Gasteiger partial charge is 0.495 e. The van der Waals surface area contributed by atoms with Crippen LogP contribution in [0.4, 0.5) is 5.69 Å². The van der Waals surface area contributed by atoms with Gasteiger partial charge < -0.3 is 19.3 Å². The van der Waals surface area contributed by atoms with Crippen LogP contribution in [0.2, 0.25) is 0 Å². The van der Waals surface area contributed by atoms with Crippen LogP contribution in [0, 0.1) is 0 Å². The predicted molar refractivity (Wildman–Crippen MR) is 124 cm³/mol. The third-order valence-electron chi connectivity index (χ3n) is 5.98. The number of ether oxygens (including phenoxy) is 2. The van der Waals surface area contributed by atoms with Crippen LogP contribution in [0.25, 0.3) is 5.57 Å². The van der Waals surface area contributed by atoms with Crippen LogP contribution in [-0.4, -0.2) is 68.1 Å². The molecule has 1 saturated heterocycles. The number of nitrogens with zero attached hydrogens (tertiary/aromatic N) is 3. The molecule has 32 heavy (non-hydrogen) atoms. The van der Waals surface area contributed by atoms with Crippen molar-refractivity contribution in [2.24, 2.45) is 0 Å². The molecule has 0 bridgehead atoms. The minimum atomic E-state index is -0.336. The van der Waals surface area contributed by atoms with Crippen LogP contribution >= 0.6 is 0 Å². The molecule has 0 N–H and O–H groups in total. The maximum absolute atomic E-state index is 13.7. The second kappa shape index (κ2) is 9.44. The number of anilines is 1. The molecule has 0 aliphatic carbocycles. The Labute approximate surface area is 188 Å². The fourth-order valence-electron chi connectivity index (χ4n) is 4.28. The fraction of sp³-hybridized carbons (Fsp3) is 0.360. The Morgan fingerprint density at radius 3 is 2.19 bits per heavy atom. The Morgan fingerprint density at radius 2 is 1.56 bits per heavy atom. The van der Waals surface area contributed by atoms with E-state index in [0.717, 1.165) is 25.4 Å². The van der Waals surface area contributed by atoms with Crippen molar-refractivity contribution in [3.05, 3.63) is 59.8 Å². The highest BCUT2D eigenvalue weighted by molar-refractivity contribution is 6.45. The lowest BCUT2D eigenvalue weighted by Gasteiger charge is -2.36. The van der Waals surface area contributed by atoms with Gasteiger partial charge in [0.2, 0.25) is 0 Å². The summed E-state index contributed by atoms with van der Waals surface area (Å²) in [4.78, 5) is 33.0. The van der Waals surface area contributed by atoms with Gasteiger partial charge in [-0.3, -0.25) is 9.59 Å². The van der Waals surface area contributed by atoms with Crippen LogP contribution in [0.15, 0.2) is 54.2 Å². The van der Waals surface area contributed by atoms with Crippen LogP contribution in [0.3, 0.4) is 0 Å². The molecule has 1 fully saturated rings. The number of methoxy groups -OCH3 is 1. The molecule has 0 aromatic heterocycles. The standard InChI is InChI=1S/C25H29N3O4/c1-4-26-14-16-27(17-15-26)23-22(18-10-12-19(13-11-18)32-5-2)24(29)28(25(23)30)20-8-6-7-9-21(20)31-3/h6-13H,4-5,14-17H2,1-3H3. The summed E-state index contributed by atoms with van der Waals surface area (Å²) in [6, 6.07) is 14.5. The van der Waals surface area contributed by atoms with Gasteiger partial charge >= 0.3 is 0 Å². The van der Waals surface area contributed by atoms with Gasteiger partial charge in [-0.15, -0.1) is 0 Å². The van der Waals surface area contributed by atoms with Gasteiger partial charge in [-0.05, 0) is 43.3 Å². The Morgan fingerprint density at radius 1 is 0.875 bits per heavy atom. The molecule has 2 aromatic rings. The van der Waals surface area contributed by atoms with Gasteiger partial charge in [0, 0.05) is 26.2 Å². The molecular formula is C25H29N3O4. The third kappa shape index (κ3) is 3.96. The highest BCUT2D eigenvalue weighted by Gasteiger charge is 2.43. The number of rotatable bonds is 7. The zero-order valence-corrected chi connectivity index (χ0v) is 18.8. The number of carbonyl (C=O) groups is 2. The second-order valence-electron chi connectivity index (χ2n) is 7.72. The number of para-hydroxylation sites is 2. The highest BCUT2D eigenvalue weighted by atomic mass is 16.5. The lowest BCUT2D eigenvalue weighted by Crippen LogP contribution is -2.47. The molecule has 0 radical (unpaired) electrons. The van der Waals surface area contributed by atoms with E-state index in [0.29, 0.717) is 48.0 Å². The van der Waals surface area contributed by atoms with E-state index >= 15 is 0 Å². The molecule has 4 rings (SSSR count). The van der Waals surface area contributed by atoms with Gasteiger partial charge in [0.25, 0.3) is 11.8 Å². The van der Waals surface area contributed by atoms with Crippen LogP contribution < -0.4 is 14.4 Å². The molecule has 0 spiro atoms. The van der Waals surface area contributed by atoms with E-state index in [1.165, 1.54) is 12.0 Å². The summed E-state index contributed by atoms with van der Waals surface area (Å²) >= 11 is 0. The lowest BCUT2D eigenvalue weighted by molar-refractivity contribution is -0.120. The quantitative estimate of drug-likeness (QED) is 0.623. The van der Waals surface area contributed by atoms with E-state index in [1.807, 2.05) is 42.2 Å². The summed E-state index contributed by atoms with van der Waals surface area (Å²) in [6.45, 7) is 8.69. The predicted octanol–water partition coefficient (Wildman–Crippen LogP) is 3.02. The molecule has 7 nitrogen and oxygen atoms in total. The molecular weight excluding hydrogens is 406 g/mol. The maximum atomic E-state index is 13.7. The maximum Gasteiger partial charge on any atom is 0.282 e.